The fraction of sp³-hybridized carbons (Fsp3) is 0.611. The molecule has 0 bridgehead atoms. The molecule has 130 valence electrons. The van der Waals surface area contributed by atoms with Gasteiger partial charge in [0.25, 0.3) is 5.91 Å². The van der Waals surface area contributed by atoms with E-state index in [2.05, 4.69) is 12.2 Å². The van der Waals surface area contributed by atoms with E-state index in [1.165, 1.54) is 0 Å². The number of nitrogens with one attached hydrogen (secondary N) is 1. The van der Waals surface area contributed by atoms with Crippen molar-refractivity contribution in [2.45, 2.75) is 32.8 Å². The maximum Gasteiger partial charge on any atom is 0.256 e. The average molecular weight is 341 g/mol. The van der Waals surface area contributed by atoms with E-state index in [1.807, 2.05) is 42.2 Å². The minimum atomic E-state index is -0.462. The van der Waals surface area contributed by atoms with Crippen LogP contribution in [-0.2, 0) is 9.53 Å². The Morgan fingerprint density at radius 2 is 1.91 bits per heavy atom. The third-order valence-electron chi connectivity index (χ3n) is 4.27. The van der Waals surface area contributed by atoms with Gasteiger partial charge in [-0.3, -0.25) is 4.79 Å². The number of rotatable bonds is 7. The molecule has 1 aliphatic heterocycles. The van der Waals surface area contributed by atoms with E-state index in [1.54, 1.807) is 0 Å². The summed E-state index contributed by atoms with van der Waals surface area (Å²) in [6, 6.07) is 9.81. The monoisotopic (exact) mass is 340 g/mol. The van der Waals surface area contributed by atoms with Gasteiger partial charge in [0.2, 0.25) is 0 Å². The van der Waals surface area contributed by atoms with Crippen LogP contribution in [0.5, 0.6) is 0 Å². The van der Waals surface area contributed by atoms with E-state index in [-0.39, 0.29) is 18.3 Å². The topological polar surface area (TPSA) is 41.6 Å². The maximum atomic E-state index is 12.8. The zero-order valence-corrected chi connectivity index (χ0v) is 15.0. The SMILES string of the molecule is CCNCC1CCN(C(=O)C(OCC)c2ccccc2)CC1.Cl. The third kappa shape index (κ3) is 5.79. The van der Waals surface area contributed by atoms with Gasteiger partial charge < -0.3 is 15.0 Å². The smallest absolute Gasteiger partial charge is 0.256 e. The Hall–Kier alpha value is -1.10. The molecule has 2 rings (SSSR count). The fourth-order valence-corrected chi connectivity index (χ4v) is 2.98. The highest BCUT2D eigenvalue weighted by molar-refractivity contribution is 5.85. The molecule has 1 N–H and O–H groups in total. The van der Waals surface area contributed by atoms with Crippen LogP contribution < -0.4 is 5.32 Å². The van der Waals surface area contributed by atoms with Crippen molar-refractivity contribution >= 4 is 18.3 Å². The quantitative estimate of drug-likeness (QED) is 0.829. The number of halogens is 1. The minimum absolute atomic E-state index is 0. The van der Waals surface area contributed by atoms with Gasteiger partial charge in [-0.15, -0.1) is 12.4 Å². The molecule has 0 aromatic heterocycles. The summed E-state index contributed by atoms with van der Waals surface area (Å²) in [4.78, 5) is 14.8. The average Bonchev–Trinajstić information content (AvgIpc) is 2.58. The van der Waals surface area contributed by atoms with E-state index < -0.39 is 6.10 Å². The summed E-state index contributed by atoms with van der Waals surface area (Å²) in [7, 11) is 0. The summed E-state index contributed by atoms with van der Waals surface area (Å²) < 4.78 is 5.73. The van der Waals surface area contributed by atoms with Crippen molar-refractivity contribution in [3.8, 4) is 0 Å². The number of nitrogens with zero attached hydrogens (tertiary/aromatic N) is 1. The van der Waals surface area contributed by atoms with Crippen LogP contribution in [0, 0.1) is 5.92 Å². The van der Waals surface area contributed by atoms with Crippen LogP contribution in [0.15, 0.2) is 30.3 Å². The molecule has 1 aromatic rings. The van der Waals surface area contributed by atoms with Crippen molar-refractivity contribution in [3.63, 3.8) is 0 Å². The first-order chi connectivity index (χ1) is 10.8. The molecule has 5 heteroatoms. The first-order valence-electron chi connectivity index (χ1n) is 8.42. The van der Waals surface area contributed by atoms with Crippen LogP contribution in [0.4, 0.5) is 0 Å². The second-order valence-corrected chi connectivity index (χ2v) is 5.82. The maximum absolute atomic E-state index is 12.8. The van der Waals surface area contributed by atoms with E-state index >= 15 is 0 Å². The van der Waals surface area contributed by atoms with Crippen LogP contribution in [0.25, 0.3) is 0 Å². The highest BCUT2D eigenvalue weighted by atomic mass is 35.5. The van der Waals surface area contributed by atoms with Crippen molar-refractivity contribution in [2.24, 2.45) is 5.92 Å². The lowest BCUT2D eigenvalue weighted by molar-refractivity contribution is -0.145. The number of hydrogen-bond donors (Lipinski definition) is 1. The lowest BCUT2D eigenvalue weighted by Gasteiger charge is -2.34. The van der Waals surface area contributed by atoms with E-state index in [0.717, 1.165) is 44.6 Å². The molecule has 1 aromatic carbocycles. The highest BCUT2D eigenvalue weighted by Gasteiger charge is 2.29. The molecule has 0 radical (unpaired) electrons. The van der Waals surface area contributed by atoms with Gasteiger partial charge in [0.1, 0.15) is 0 Å². The molecular formula is C18H29ClN2O2. The first kappa shape index (κ1) is 19.9. The largest absolute Gasteiger partial charge is 0.364 e. The molecule has 0 aliphatic carbocycles. The molecule has 4 nitrogen and oxygen atoms in total. The number of benzene rings is 1. The zero-order valence-electron chi connectivity index (χ0n) is 14.2. The Morgan fingerprint density at radius 3 is 2.48 bits per heavy atom. The van der Waals surface area contributed by atoms with Gasteiger partial charge >= 0.3 is 0 Å². The normalized spacial score (nSPS) is 16.7. The predicted molar refractivity (Wildman–Crippen MR) is 95.9 cm³/mol. The van der Waals surface area contributed by atoms with Crippen molar-refractivity contribution in [2.75, 3.05) is 32.8 Å². The summed E-state index contributed by atoms with van der Waals surface area (Å²) in [5.74, 6) is 0.793. The second-order valence-electron chi connectivity index (χ2n) is 5.82. The van der Waals surface area contributed by atoms with Gasteiger partial charge in [0, 0.05) is 19.7 Å². The Balaban J connectivity index is 0.00000264. The van der Waals surface area contributed by atoms with Crippen LogP contribution in [0.2, 0.25) is 0 Å². The van der Waals surface area contributed by atoms with Crippen molar-refractivity contribution in [1.82, 2.24) is 10.2 Å². The summed E-state index contributed by atoms with van der Waals surface area (Å²) in [5, 5.41) is 3.40. The Labute approximate surface area is 146 Å². The van der Waals surface area contributed by atoms with Crippen LogP contribution in [-0.4, -0.2) is 43.6 Å². The van der Waals surface area contributed by atoms with Gasteiger partial charge in [-0.05, 0) is 44.3 Å². The summed E-state index contributed by atoms with van der Waals surface area (Å²) in [6.07, 6.45) is 1.69. The number of likely N-dealkylation sites (tertiary alicyclic amines) is 1. The van der Waals surface area contributed by atoms with Gasteiger partial charge in [-0.2, -0.15) is 0 Å². The van der Waals surface area contributed by atoms with Crippen molar-refractivity contribution < 1.29 is 9.53 Å². The van der Waals surface area contributed by atoms with E-state index in [4.69, 9.17) is 4.74 Å². The van der Waals surface area contributed by atoms with E-state index in [0.29, 0.717) is 12.5 Å². The highest BCUT2D eigenvalue weighted by Crippen LogP contribution is 2.24. The molecular weight excluding hydrogens is 312 g/mol. The summed E-state index contributed by atoms with van der Waals surface area (Å²) in [6.45, 7) is 8.36. The van der Waals surface area contributed by atoms with Crippen molar-refractivity contribution in [3.05, 3.63) is 35.9 Å². The number of carbonyl (C=O) groups excluding carboxylic acids is 1. The summed E-state index contributed by atoms with van der Waals surface area (Å²) in [5.41, 5.74) is 0.948. The number of ether oxygens (including phenoxy) is 1. The predicted octanol–water partition coefficient (Wildman–Crippen LogP) is 3.03. The first-order valence-corrected chi connectivity index (χ1v) is 8.42. The number of hydrogen-bond acceptors (Lipinski definition) is 3. The molecule has 0 saturated carbocycles. The number of piperidine rings is 1. The molecule has 1 saturated heterocycles. The standard InChI is InChI=1S/C18H28N2O2.ClH/c1-3-19-14-15-10-12-20(13-11-15)18(21)17(22-4-2)16-8-6-5-7-9-16;/h5-9,15,17,19H,3-4,10-14H2,1-2H3;1H. The molecule has 1 aliphatic rings. The molecule has 23 heavy (non-hydrogen) atoms. The Kier molecular flexibility index (Phi) is 9.22. The molecule has 1 unspecified atom stereocenters. The van der Waals surface area contributed by atoms with Crippen LogP contribution in [0.3, 0.4) is 0 Å². The molecule has 0 spiro atoms. The second kappa shape index (κ2) is 10.6. The zero-order chi connectivity index (χ0) is 15.8. The number of amides is 1. The minimum Gasteiger partial charge on any atom is -0.364 e. The van der Waals surface area contributed by atoms with Crippen molar-refractivity contribution in [1.29, 1.82) is 0 Å². The lowest BCUT2D eigenvalue weighted by Crippen LogP contribution is -2.43. The third-order valence-corrected chi connectivity index (χ3v) is 4.27. The summed E-state index contributed by atoms with van der Waals surface area (Å²) >= 11 is 0. The molecule has 1 atom stereocenters. The Morgan fingerprint density at radius 1 is 1.26 bits per heavy atom. The van der Waals surface area contributed by atoms with E-state index in [9.17, 15) is 4.79 Å². The van der Waals surface area contributed by atoms with Crippen LogP contribution >= 0.6 is 12.4 Å². The molecule has 1 amide bonds. The fourth-order valence-electron chi connectivity index (χ4n) is 2.98. The Bertz CT molecular complexity index is 448. The number of carbonyl (C=O) groups is 1. The van der Waals surface area contributed by atoms with Gasteiger partial charge in [0.15, 0.2) is 6.10 Å². The van der Waals surface area contributed by atoms with Gasteiger partial charge in [0.05, 0.1) is 0 Å². The van der Waals surface area contributed by atoms with Gasteiger partial charge in [-0.25, -0.2) is 0 Å². The van der Waals surface area contributed by atoms with Crippen LogP contribution in [0.1, 0.15) is 38.4 Å². The lowest BCUT2D eigenvalue weighted by atomic mass is 9.96. The van der Waals surface area contributed by atoms with Gasteiger partial charge in [-0.1, -0.05) is 37.3 Å². The molecule has 1 heterocycles. The molecule has 1 fully saturated rings.